The van der Waals surface area contributed by atoms with E-state index in [-0.39, 0.29) is 23.0 Å². The van der Waals surface area contributed by atoms with E-state index in [1.54, 1.807) is 17.0 Å². The molecule has 0 spiro atoms. The summed E-state index contributed by atoms with van der Waals surface area (Å²) in [5, 5.41) is 24.3. The lowest BCUT2D eigenvalue weighted by atomic mass is 9.66. The number of piperidine rings is 1. The minimum absolute atomic E-state index is 0.0313. The Hall–Kier alpha value is -2.42. The van der Waals surface area contributed by atoms with Gasteiger partial charge in [-0.2, -0.15) is 0 Å². The molecule has 1 aliphatic heterocycles. The number of rotatable bonds is 6. The van der Waals surface area contributed by atoms with E-state index in [2.05, 4.69) is 21.2 Å². The van der Waals surface area contributed by atoms with E-state index in [0.29, 0.717) is 29.0 Å². The number of benzene rings is 2. The number of carboxylic acids is 1. The van der Waals surface area contributed by atoms with Gasteiger partial charge in [-0.1, -0.05) is 67.4 Å². The summed E-state index contributed by atoms with van der Waals surface area (Å²) in [6.07, 6.45) is 0.333. The maximum Gasteiger partial charge on any atom is 0.335 e. The van der Waals surface area contributed by atoms with Gasteiger partial charge in [0.25, 0.3) is 5.91 Å². The van der Waals surface area contributed by atoms with Crippen LogP contribution >= 0.6 is 27.5 Å². The second-order valence-electron chi connectivity index (χ2n) is 9.99. The molecule has 2 unspecified atom stereocenters. The number of carboxylic acid groups (broad SMARTS) is 1. The van der Waals surface area contributed by atoms with E-state index < -0.39 is 28.9 Å². The number of carbonyl (C=O) groups excluding carboxylic acids is 2. The van der Waals surface area contributed by atoms with E-state index in [9.17, 15) is 24.6 Å². The molecule has 2 amide bonds. The summed E-state index contributed by atoms with van der Waals surface area (Å²) in [4.78, 5) is 39.6. The fourth-order valence-corrected chi connectivity index (χ4v) is 5.17. The number of aromatic carboxylic acids is 1. The third kappa shape index (κ3) is 5.71. The molecule has 1 fully saturated rings. The fraction of sp³-hybridized carbons (Fsp3) is 0.423. The average Bonchev–Trinajstić information content (AvgIpc) is 2.78. The topological polar surface area (TPSA) is 107 Å². The molecule has 0 bridgehead atoms. The summed E-state index contributed by atoms with van der Waals surface area (Å²) in [7, 11) is 0. The summed E-state index contributed by atoms with van der Waals surface area (Å²) in [6.45, 7) is 8.12. The molecule has 2 aromatic carbocycles. The molecule has 2 aromatic rings. The van der Waals surface area contributed by atoms with Gasteiger partial charge in [0.05, 0.1) is 11.2 Å². The minimum atomic E-state index is -1.15. The molecule has 1 aliphatic rings. The number of nitrogens with zero attached hydrogens (tertiary/aromatic N) is 1. The first kappa shape index (κ1) is 27.2. The Balaban J connectivity index is 1.80. The van der Waals surface area contributed by atoms with Crippen molar-refractivity contribution in [3.05, 3.63) is 68.7 Å². The maximum absolute atomic E-state index is 13.5. The minimum Gasteiger partial charge on any atom is -0.478 e. The van der Waals surface area contributed by atoms with Gasteiger partial charge in [0.2, 0.25) is 5.91 Å². The summed E-state index contributed by atoms with van der Waals surface area (Å²) < 4.78 is 0.453. The van der Waals surface area contributed by atoms with Gasteiger partial charge in [0.15, 0.2) is 0 Å². The third-order valence-corrected chi connectivity index (χ3v) is 7.42. The van der Waals surface area contributed by atoms with Crippen molar-refractivity contribution in [1.29, 1.82) is 0 Å². The highest BCUT2D eigenvalue weighted by molar-refractivity contribution is 9.10. The Morgan fingerprint density at radius 2 is 1.69 bits per heavy atom. The Bertz CT molecular complexity index is 1140. The molecular formula is C26H30BrClN2O5. The van der Waals surface area contributed by atoms with Gasteiger partial charge in [-0.15, -0.1) is 0 Å². The molecule has 1 heterocycles. The van der Waals surface area contributed by atoms with Crippen molar-refractivity contribution in [2.24, 2.45) is 11.3 Å². The highest BCUT2D eigenvalue weighted by atomic mass is 79.9. The molecule has 0 aliphatic carbocycles. The number of carbonyl (C=O) groups is 3. The molecule has 188 valence electrons. The van der Waals surface area contributed by atoms with Crippen molar-refractivity contribution in [2.75, 3.05) is 13.1 Å². The van der Waals surface area contributed by atoms with Crippen LogP contribution in [0.15, 0.2) is 46.9 Å². The van der Waals surface area contributed by atoms with E-state index in [1.807, 2.05) is 39.8 Å². The normalized spacial score (nSPS) is 20.4. The number of hydrogen-bond acceptors (Lipinski definition) is 4. The number of hydrogen-bond donors (Lipinski definition) is 3. The van der Waals surface area contributed by atoms with Crippen LogP contribution in [-0.4, -0.2) is 52.0 Å². The average molecular weight is 566 g/mol. The van der Waals surface area contributed by atoms with Crippen LogP contribution in [0.1, 0.15) is 60.4 Å². The molecule has 3 rings (SSSR count). The first-order valence-electron chi connectivity index (χ1n) is 11.4. The third-order valence-electron chi connectivity index (χ3n) is 6.71. The molecule has 9 heteroatoms. The molecular weight excluding hydrogens is 536 g/mol. The lowest BCUT2D eigenvalue weighted by molar-refractivity contribution is -0.155. The van der Waals surface area contributed by atoms with Gasteiger partial charge < -0.3 is 20.4 Å². The van der Waals surface area contributed by atoms with Gasteiger partial charge >= 0.3 is 5.97 Å². The molecule has 0 radical (unpaired) electrons. The standard InChI is InChI=1S/C26H30BrClN2O5/c1-15(2)21(29-22(31)16-11-17(24(33)34)13-19(27)12-16)23(32)30-10-9-26(35,25(3,4)14-30)18-5-7-20(28)8-6-18/h5-8,11-13,15,21,35H,9-10,14H2,1-4H3,(H,29,31)(H,33,34). The Kier molecular flexibility index (Phi) is 7.99. The number of likely N-dealkylation sites (tertiary alicyclic amines) is 1. The first-order chi connectivity index (χ1) is 16.2. The number of halogens is 2. The van der Waals surface area contributed by atoms with E-state index >= 15 is 0 Å². The van der Waals surface area contributed by atoms with Crippen molar-refractivity contribution >= 4 is 45.3 Å². The zero-order valence-electron chi connectivity index (χ0n) is 20.1. The lowest BCUT2D eigenvalue weighted by Gasteiger charge is -2.51. The predicted octanol–water partition coefficient (Wildman–Crippen LogP) is 4.70. The first-order valence-corrected chi connectivity index (χ1v) is 12.5. The van der Waals surface area contributed by atoms with Crippen molar-refractivity contribution < 1.29 is 24.6 Å². The fourth-order valence-electron chi connectivity index (χ4n) is 4.55. The van der Waals surface area contributed by atoms with Crippen LogP contribution in [0.4, 0.5) is 0 Å². The molecule has 0 saturated carbocycles. The second kappa shape index (κ2) is 10.3. The monoisotopic (exact) mass is 564 g/mol. The van der Waals surface area contributed by atoms with Gasteiger partial charge in [-0.3, -0.25) is 9.59 Å². The summed E-state index contributed by atoms with van der Waals surface area (Å²) in [5.41, 5.74) is -0.950. The van der Waals surface area contributed by atoms with Crippen LogP contribution in [0.2, 0.25) is 5.02 Å². The highest BCUT2D eigenvalue weighted by Gasteiger charge is 2.50. The Morgan fingerprint density at radius 1 is 1.09 bits per heavy atom. The molecule has 0 aromatic heterocycles. The van der Waals surface area contributed by atoms with Crippen molar-refractivity contribution in [3.63, 3.8) is 0 Å². The van der Waals surface area contributed by atoms with Crippen molar-refractivity contribution in [1.82, 2.24) is 10.2 Å². The Labute approximate surface area is 218 Å². The number of amides is 2. The van der Waals surface area contributed by atoms with Gasteiger partial charge in [-0.05, 0) is 48.2 Å². The number of nitrogens with one attached hydrogen (secondary N) is 1. The summed E-state index contributed by atoms with van der Waals surface area (Å²) in [5.74, 6) is -2.14. The van der Waals surface area contributed by atoms with Crippen LogP contribution in [0.5, 0.6) is 0 Å². The van der Waals surface area contributed by atoms with Crippen LogP contribution in [-0.2, 0) is 10.4 Å². The maximum atomic E-state index is 13.5. The summed E-state index contributed by atoms with van der Waals surface area (Å²) in [6, 6.07) is 10.5. The molecule has 2 atom stereocenters. The van der Waals surface area contributed by atoms with Crippen molar-refractivity contribution in [3.8, 4) is 0 Å². The van der Waals surface area contributed by atoms with Gasteiger partial charge in [0.1, 0.15) is 6.04 Å². The van der Waals surface area contributed by atoms with E-state index in [1.165, 1.54) is 18.2 Å². The highest BCUT2D eigenvalue weighted by Crippen LogP contribution is 2.46. The van der Waals surface area contributed by atoms with Crippen molar-refractivity contribution in [2.45, 2.75) is 45.8 Å². The molecule has 35 heavy (non-hydrogen) atoms. The second-order valence-corrected chi connectivity index (χ2v) is 11.3. The molecule has 7 nitrogen and oxygen atoms in total. The van der Waals surface area contributed by atoms with Gasteiger partial charge in [0, 0.05) is 33.6 Å². The quantitative estimate of drug-likeness (QED) is 0.471. The Morgan fingerprint density at radius 3 is 2.23 bits per heavy atom. The smallest absolute Gasteiger partial charge is 0.335 e. The molecule has 3 N–H and O–H groups in total. The SMILES string of the molecule is CC(C)C(NC(=O)c1cc(Br)cc(C(=O)O)c1)C(=O)N1CCC(O)(c2ccc(Cl)cc2)C(C)(C)C1. The molecule has 1 saturated heterocycles. The zero-order valence-corrected chi connectivity index (χ0v) is 22.5. The van der Waals surface area contributed by atoms with Crippen LogP contribution in [0.3, 0.4) is 0 Å². The predicted molar refractivity (Wildman–Crippen MR) is 138 cm³/mol. The van der Waals surface area contributed by atoms with Crippen LogP contribution in [0, 0.1) is 11.3 Å². The van der Waals surface area contributed by atoms with Crippen LogP contribution in [0.25, 0.3) is 0 Å². The summed E-state index contributed by atoms with van der Waals surface area (Å²) >= 11 is 9.25. The number of aliphatic hydroxyl groups is 1. The van der Waals surface area contributed by atoms with Gasteiger partial charge in [-0.25, -0.2) is 4.79 Å². The lowest BCUT2D eigenvalue weighted by Crippen LogP contribution is -2.60. The van der Waals surface area contributed by atoms with Crippen LogP contribution < -0.4 is 5.32 Å². The zero-order chi connectivity index (χ0) is 26.1. The van der Waals surface area contributed by atoms with E-state index in [0.717, 1.165) is 5.56 Å². The largest absolute Gasteiger partial charge is 0.478 e. The van der Waals surface area contributed by atoms with E-state index in [4.69, 9.17) is 11.6 Å².